The lowest BCUT2D eigenvalue weighted by atomic mass is 10.0. The number of aromatic nitrogens is 2. The van der Waals surface area contributed by atoms with Crippen LogP contribution >= 0.6 is 11.6 Å². The molecule has 4 rings (SSSR count). The van der Waals surface area contributed by atoms with Gasteiger partial charge in [-0.1, -0.05) is 54.1 Å². The fourth-order valence-corrected chi connectivity index (χ4v) is 3.48. The second-order valence-corrected chi connectivity index (χ2v) is 6.85. The van der Waals surface area contributed by atoms with E-state index in [1.165, 1.54) is 16.8 Å². The summed E-state index contributed by atoms with van der Waals surface area (Å²) in [6.07, 6.45) is 1.04. The molecule has 4 heteroatoms. The molecule has 2 aromatic carbocycles. The summed E-state index contributed by atoms with van der Waals surface area (Å²) in [5.41, 5.74) is 6.22. The highest BCUT2D eigenvalue weighted by atomic mass is 35.5. The van der Waals surface area contributed by atoms with Gasteiger partial charge in [-0.2, -0.15) is 5.10 Å². The second-order valence-electron chi connectivity index (χ2n) is 6.41. The van der Waals surface area contributed by atoms with Crippen molar-refractivity contribution in [2.75, 3.05) is 13.6 Å². The average Bonchev–Trinajstić information content (AvgIpc) is 2.94. The van der Waals surface area contributed by atoms with Crippen LogP contribution < -0.4 is 0 Å². The summed E-state index contributed by atoms with van der Waals surface area (Å²) < 4.78 is 2.18. The van der Waals surface area contributed by atoms with E-state index in [-0.39, 0.29) is 0 Å². The predicted molar refractivity (Wildman–Crippen MR) is 98.3 cm³/mol. The van der Waals surface area contributed by atoms with Crippen molar-refractivity contribution in [1.29, 1.82) is 0 Å². The van der Waals surface area contributed by atoms with E-state index in [9.17, 15) is 0 Å². The number of likely N-dealkylation sites (N-methyl/N-ethyl adjacent to an activating group) is 1. The van der Waals surface area contributed by atoms with Crippen molar-refractivity contribution in [1.82, 2.24) is 14.7 Å². The van der Waals surface area contributed by atoms with Gasteiger partial charge < -0.3 is 4.90 Å². The first-order valence-electron chi connectivity index (χ1n) is 8.27. The molecule has 1 aliphatic heterocycles. The number of hydrogen-bond acceptors (Lipinski definition) is 2. The zero-order valence-corrected chi connectivity index (χ0v) is 14.5. The topological polar surface area (TPSA) is 21.1 Å². The molecule has 0 radical (unpaired) electrons. The van der Waals surface area contributed by atoms with E-state index in [0.29, 0.717) is 0 Å². The van der Waals surface area contributed by atoms with Crippen molar-refractivity contribution >= 4 is 11.6 Å². The fraction of sp³-hybridized carbons (Fsp3) is 0.250. The third-order valence-electron chi connectivity index (χ3n) is 4.62. The molecule has 0 saturated heterocycles. The van der Waals surface area contributed by atoms with Crippen molar-refractivity contribution in [3.63, 3.8) is 0 Å². The number of benzene rings is 2. The summed E-state index contributed by atoms with van der Waals surface area (Å²) in [6.45, 7) is 2.84. The summed E-state index contributed by atoms with van der Waals surface area (Å²) in [6, 6.07) is 18.5. The van der Waals surface area contributed by atoms with Gasteiger partial charge >= 0.3 is 0 Å². The van der Waals surface area contributed by atoms with Crippen LogP contribution in [0.4, 0.5) is 0 Å². The van der Waals surface area contributed by atoms with Gasteiger partial charge in [0.25, 0.3) is 0 Å². The third kappa shape index (κ3) is 2.97. The molecule has 3 nitrogen and oxygen atoms in total. The molecule has 0 fully saturated rings. The molecule has 24 heavy (non-hydrogen) atoms. The molecule has 0 unspecified atom stereocenters. The van der Waals surface area contributed by atoms with Crippen LogP contribution in [0.1, 0.15) is 16.8 Å². The molecule has 0 saturated carbocycles. The lowest BCUT2D eigenvalue weighted by Gasteiger charge is -2.23. The number of fused-ring (bicyclic) bond motifs is 1. The molecule has 0 spiro atoms. The van der Waals surface area contributed by atoms with Crippen LogP contribution in [0.25, 0.3) is 11.3 Å². The Labute approximate surface area is 147 Å². The Kier molecular flexibility index (Phi) is 4.13. The van der Waals surface area contributed by atoms with Crippen molar-refractivity contribution < 1.29 is 0 Å². The van der Waals surface area contributed by atoms with Gasteiger partial charge in [-0.05, 0) is 24.7 Å². The molecule has 0 bridgehead atoms. The standard InChI is InChI=1S/C20H20ClN3/c1-23-12-11-19-18(14-23)20(16-7-9-17(21)10-8-16)22-24(19)13-15-5-3-2-4-6-15/h2-10H,11-14H2,1H3. The van der Waals surface area contributed by atoms with Gasteiger partial charge in [0.05, 0.1) is 12.2 Å². The molecule has 0 N–H and O–H groups in total. The Balaban J connectivity index is 1.78. The van der Waals surface area contributed by atoms with E-state index in [0.717, 1.165) is 42.3 Å². The molecule has 0 amide bonds. The normalized spacial score (nSPS) is 14.6. The van der Waals surface area contributed by atoms with Gasteiger partial charge in [-0.3, -0.25) is 4.68 Å². The number of hydrogen-bond donors (Lipinski definition) is 0. The second kappa shape index (κ2) is 6.42. The predicted octanol–water partition coefficient (Wildman–Crippen LogP) is 4.24. The maximum absolute atomic E-state index is 6.04. The summed E-state index contributed by atoms with van der Waals surface area (Å²) in [4.78, 5) is 2.36. The molecule has 122 valence electrons. The lowest BCUT2D eigenvalue weighted by molar-refractivity contribution is 0.308. The van der Waals surface area contributed by atoms with Gasteiger partial charge in [-0.25, -0.2) is 0 Å². The Morgan fingerprint density at radius 1 is 1.04 bits per heavy atom. The van der Waals surface area contributed by atoms with Gasteiger partial charge in [-0.15, -0.1) is 0 Å². The van der Waals surface area contributed by atoms with Crippen LogP contribution in [-0.4, -0.2) is 28.3 Å². The first-order chi connectivity index (χ1) is 11.7. The third-order valence-corrected chi connectivity index (χ3v) is 4.87. The maximum Gasteiger partial charge on any atom is 0.0971 e. The van der Waals surface area contributed by atoms with Gasteiger partial charge in [0.15, 0.2) is 0 Å². The summed E-state index contributed by atoms with van der Waals surface area (Å²) in [5.74, 6) is 0. The molecule has 0 atom stereocenters. The quantitative estimate of drug-likeness (QED) is 0.712. The van der Waals surface area contributed by atoms with Crippen molar-refractivity contribution in [2.24, 2.45) is 0 Å². The molecule has 1 aromatic heterocycles. The van der Waals surface area contributed by atoms with Crippen LogP contribution in [0.2, 0.25) is 5.02 Å². The van der Waals surface area contributed by atoms with Crippen LogP contribution in [0, 0.1) is 0 Å². The molecule has 0 aliphatic carbocycles. The Hall–Kier alpha value is -2.10. The number of halogens is 1. The number of nitrogens with zero attached hydrogens (tertiary/aromatic N) is 3. The molecule has 1 aliphatic rings. The Bertz CT molecular complexity index is 837. The first kappa shape index (κ1) is 15.4. The smallest absolute Gasteiger partial charge is 0.0971 e. The zero-order valence-electron chi connectivity index (χ0n) is 13.7. The molecule has 3 aromatic rings. The lowest BCUT2D eigenvalue weighted by Crippen LogP contribution is -2.27. The fourth-order valence-electron chi connectivity index (χ4n) is 3.35. The minimum atomic E-state index is 0.758. The summed E-state index contributed by atoms with van der Waals surface area (Å²) >= 11 is 6.04. The van der Waals surface area contributed by atoms with Crippen LogP contribution in [-0.2, 0) is 19.5 Å². The Morgan fingerprint density at radius 2 is 1.79 bits per heavy atom. The van der Waals surface area contributed by atoms with Gasteiger partial charge in [0.2, 0.25) is 0 Å². The highest BCUT2D eigenvalue weighted by Gasteiger charge is 2.24. The monoisotopic (exact) mass is 337 g/mol. The van der Waals surface area contributed by atoms with E-state index in [1.807, 2.05) is 12.1 Å². The highest BCUT2D eigenvalue weighted by molar-refractivity contribution is 6.30. The van der Waals surface area contributed by atoms with Crippen molar-refractivity contribution in [3.05, 3.63) is 76.4 Å². The molecular weight excluding hydrogens is 318 g/mol. The van der Waals surface area contributed by atoms with Crippen LogP contribution in [0.5, 0.6) is 0 Å². The highest BCUT2D eigenvalue weighted by Crippen LogP contribution is 2.30. The van der Waals surface area contributed by atoms with Crippen LogP contribution in [0.3, 0.4) is 0 Å². The van der Waals surface area contributed by atoms with Gasteiger partial charge in [0, 0.05) is 41.4 Å². The minimum Gasteiger partial charge on any atom is -0.302 e. The maximum atomic E-state index is 6.04. The first-order valence-corrected chi connectivity index (χ1v) is 8.65. The van der Waals surface area contributed by atoms with E-state index < -0.39 is 0 Å². The van der Waals surface area contributed by atoms with Crippen molar-refractivity contribution in [2.45, 2.75) is 19.5 Å². The van der Waals surface area contributed by atoms with E-state index in [4.69, 9.17) is 16.7 Å². The van der Waals surface area contributed by atoms with Crippen LogP contribution in [0.15, 0.2) is 54.6 Å². The summed E-state index contributed by atoms with van der Waals surface area (Å²) in [5, 5.41) is 5.73. The van der Waals surface area contributed by atoms with Crippen molar-refractivity contribution in [3.8, 4) is 11.3 Å². The zero-order chi connectivity index (χ0) is 16.5. The molecular formula is C20H20ClN3. The van der Waals surface area contributed by atoms with Gasteiger partial charge in [0.1, 0.15) is 0 Å². The van der Waals surface area contributed by atoms with E-state index >= 15 is 0 Å². The van der Waals surface area contributed by atoms with E-state index in [1.54, 1.807) is 0 Å². The Morgan fingerprint density at radius 3 is 2.54 bits per heavy atom. The largest absolute Gasteiger partial charge is 0.302 e. The summed E-state index contributed by atoms with van der Waals surface area (Å²) in [7, 11) is 2.17. The minimum absolute atomic E-state index is 0.758. The van der Waals surface area contributed by atoms with E-state index in [2.05, 4.69) is 59.1 Å². The SMILES string of the molecule is CN1CCc2c(c(-c3ccc(Cl)cc3)nn2Cc2ccccc2)C1. The average molecular weight is 338 g/mol. The number of rotatable bonds is 3. The molecule has 2 heterocycles.